The maximum atomic E-state index is 5.46. The van der Waals surface area contributed by atoms with Crippen molar-refractivity contribution < 1.29 is 4.74 Å². The molecule has 1 aliphatic heterocycles. The summed E-state index contributed by atoms with van der Waals surface area (Å²) in [5.41, 5.74) is 3.79. The van der Waals surface area contributed by atoms with Gasteiger partial charge in [0.1, 0.15) is 5.82 Å². The highest BCUT2D eigenvalue weighted by Gasteiger charge is 2.16. The molecule has 6 heteroatoms. The number of nitrogens with one attached hydrogen (secondary N) is 2. The van der Waals surface area contributed by atoms with Crippen LogP contribution in [0.4, 0.5) is 5.82 Å². The third-order valence-electron chi connectivity index (χ3n) is 5.03. The van der Waals surface area contributed by atoms with Crippen LogP contribution in [0.5, 0.6) is 0 Å². The fraction of sp³-hybridized carbons (Fsp3) is 0.455. The Hall–Kier alpha value is -2.60. The van der Waals surface area contributed by atoms with Crippen LogP contribution in [0.2, 0.25) is 0 Å². The van der Waals surface area contributed by atoms with Crippen molar-refractivity contribution in [2.75, 3.05) is 44.8 Å². The average molecular weight is 382 g/mol. The molecule has 0 saturated carbocycles. The maximum absolute atomic E-state index is 5.46. The zero-order valence-corrected chi connectivity index (χ0v) is 17.1. The number of nitrogens with zero attached hydrogens (tertiary/aromatic N) is 3. The van der Waals surface area contributed by atoms with Crippen molar-refractivity contribution in [3.05, 3.63) is 59.3 Å². The highest BCUT2D eigenvalue weighted by molar-refractivity contribution is 5.79. The Balaban J connectivity index is 1.56. The smallest absolute Gasteiger partial charge is 0.191 e. The molecule has 28 heavy (non-hydrogen) atoms. The van der Waals surface area contributed by atoms with Gasteiger partial charge in [-0.25, -0.2) is 4.98 Å². The average Bonchev–Trinajstić information content (AvgIpc) is 2.74. The van der Waals surface area contributed by atoms with Crippen LogP contribution in [-0.2, 0) is 11.3 Å². The number of aromatic nitrogens is 1. The molecule has 2 heterocycles. The van der Waals surface area contributed by atoms with Gasteiger partial charge >= 0.3 is 0 Å². The van der Waals surface area contributed by atoms with Gasteiger partial charge in [-0.15, -0.1) is 0 Å². The Labute approximate surface area is 168 Å². The number of ether oxygens (including phenoxy) is 1. The Bertz CT molecular complexity index is 786. The van der Waals surface area contributed by atoms with E-state index in [-0.39, 0.29) is 0 Å². The van der Waals surface area contributed by atoms with E-state index in [1.54, 1.807) is 7.05 Å². The molecule has 6 nitrogen and oxygen atoms in total. The molecule has 0 aliphatic carbocycles. The highest BCUT2D eigenvalue weighted by atomic mass is 16.5. The quantitative estimate of drug-likeness (QED) is 0.595. The van der Waals surface area contributed by atoms with Crippen LogP contribution in [-0.4, -0.2) is 50.8 Å². The highest BCUT2D eigenvalue weighted by Crippen LogP contribution is 2.18. The van der Waals surface area contributed by atoms with Gasteiger partial charge in [-0.1, -0.05) is 42.8 Å². The van der Waals surface area contributed by atoms with E-state index in [0.29, 0.717) is 12.5 Å². The lowest BCUT2D eigenvalue weighted by atomic mass is 9.99. The number of pyridine rings is 1. The molecular weight excluding hydrogens is 350 g/mol. The molecule has 2 aromatic rings. The van der Waals surface area contributed by atoms with Crippen molar-refractivity contribution >= 4 is 11.8 Å². The molecule has 1 aromatic heterocycles. The minimum absolute atomic E-state index is 0.403. The molecule has 1 atom stereocenters. The minimum Gasteiger partial charge on any atom is -0.378 e. The minimum atomic E-state index is 0.403. The summed E-state index contributed by atoms with van der Waals surface area (Å²) < 4.78 is 5.46. The Kier molecular flexibility index (Phi) is 7.25. The second-order valence-electron chi connectivity index (χ2n) is 7.21. The van der Waals surface area contributed by atoms with E-state index >= 15 is 0 Å². The molecule has 0 spiro atoms. The molecule has 0 radical (unpaired) electrons. The predicted molar refractivity (Wildman–Crippen MR) is 115 cm³/mol. The van der Waals surface area contributed by atoms with Gasteiger partial charge in [0.2, 0.25) is 0 Å². The number of hydrogen-bond donors (Lipinski definition) is 2. The molecule has 0 bridgehead atoms. The van der Waals surface area contributed by atoms with E-state index in [1.165, 1.54) is 16.7 Å². The molecule has 1 fully saturated rings. The van der Waals surface area contributed by atoms with E-state index in [1.807, 2.05) is 12.3 Å². The van der Waals surface area contributed by atoms with Crippen molar-refractivity contribution in [3.8, 4) is 0 Å². The first-order chi connectivity index (χ1) is 13.7. The molecule has 1 saturated heterocycles. The van der Waals surface area contributed by atoms with Gasteiger partial charge in [0.25, 0.3) is 0 Å². The van der Waals surface area contributed by atoms with Crippen LogP contribution in [0.3, 0.4) is 0 Å². The fourth-order valence-corrected chi connectivity index (χ4v) is 3.37. The third-order valence-corrected chi connectivity index (χ3v) is 5.03. The van der Waals surface area contributed by atoms with Crippen LogP contribution in [0.25, 0.3) is 0 Å². The summed E-state index contributed by atoms with van der Waals surface area (Å²) in [4.78, 5) is 11.3. The second-order valence-corrected chi connectivity index (χ2v) is 7.21. The summed E-state index contributed by atoms with van der Waals surface area (Å²) in [5, 5.41) is 6.87. The number of aliphatic imine (C=N–C) groups is 1. The number of hydrogen-bond acceptors (Lipinski definition) is 4. The third kappa shape index (κ3) is 5.45. The largest absolute Gasteiger partial charge is 0.378 e. The molecule has 3 rings (SSSR count). The first kappa shape index (κ1) is 20.1. The maximum Gasteiger partial charge on any atom is 0.191 e. The molecule has 150 valence electrons. The fourth-order valence-electron chi connectivity index (χ4n) is 3.37. The Morgan fingerprint density at radius 2 is 2.04 bits per heavy atom. The van der Waals surface area contributed by atoms with E-state index in [9.17, 15) is 0 Å². The van der Waals surface area contributed by atoms with E-state index in [4.69, 9.17) is 4.74 Å². The second kappa shape index (κ2) is 10.1. The summed E-state index contributed by atoms with van der Waals surface area (Å²) in [7, 11) is 1.80. The van der Waals surface area contributed by atoms with Crippen molar-refractivity contribution in [2.24, 2.45) is 4.99 Å². The standard InChI is InChI=1S/C22H31N5O/c1-17-6-4-7-19(14-17)18(2)15-25-22(23-3)26-16-20-8-5-9-24-21(20)27-10-12-28-13-11-27/h4-9,14,18H,10-13,15-16H2,1-3H3,(H2,23,25,26). The topological polar surface area (TPSA) is 61.8 Å². The van der Waals surface area contributed by atoms with E-state index in [0.717, 1.165) is 44.6 Å². The summed E-state index contributed by atoms with van der Waals surface area (Å²) >= 11 is 0. The van der Waals surface area contributed by atoms with Gasteiger partial charge in [0.15, 0.2) is 5.96 Å². The van der Waals surface area contributed by atoms with Crippen LogP contribution in [0.1, 0.15) is 29.5 Å². The monoisotopic (exact) mass is 381 g/mol. The molecular formula is C22H31N5O. The van der Waals surface area contributed by atoms with Gasteiger partial charge in [-0.05, 0) is 24.5 Å². The zero-order valence-electron chi connectivity index (χ0n) is 17.1. The van der Waals surface area contributed by atoms with E-state index in [2.05, 4.69) is 69.7 Å². The van der Waals surface area contributed by atoms with Gasteiger partial charge in [-0.2, -0.15) is 0 Å². The Morgan fingerprint density at radius 3 is 2.79 bits per heavy atom. The summed E-state index contributed by atoms with van der Waals surface area (Å²) in [6.07, 6.45) is 1.85. The van der Waals surface area contributed by atoms with Crippen LogP contribution in [0.15, 0.2) is 47.6 Å². The molecule has 1 unspecified atom stereocenters. The van der Waals surface area contributed by atoms with Crippen LogP contribution >= 0.6 is 0 Å². The lowest BCUT2D eigenvalue weighted by Crippen LogP contribution is -2.40. The lowest BCUT2D eigenvalue weighted by molar-refractivity contribution is 0.122. The molecule has 1 aromatic carbocycles. The molecule has 2 N–H and O–H groups in total. The first-order valence-electron chi connectivity index (χ1n) is 9.95. The number of benzene rings is 1. The van der Waals surface area contributed by atoms with Gasteiger partial charge < -0.3 is 20.3 Å². The first-order valence-corrected chi connectivity index (χ1v) is 9.95. The lowest BCUT2D eigenvalue weighted by Gasteiger charge is -2.29. The van der Waals surface area contributed by atoms with Crippen molar-refractivity contribution in [3.63, 3.8) is 0 Å². The van der Waals surface area contributed by atoms with Crippen LogP contribution < -0.4 is 15.5 Å². The van der Waals surface area contributed by atoms with Crippen LogP contribution in [0, 0.1) is 6.92 Å². The van der Waals surface area contributed by atoms with Gasteiger partial charge in [-0.3, -0.25) is 4.99 Å². The SMILES string of the molecule is CN=C(NCc1cccnc1N1CCOCC1)NCC(C)c1cccc(C)c1. The zero-order chi connectivity index (χ0) is 19.8. The normalized spacial score (nSPS) is 16.0. The summed E-state index contributed by atoms with van der Waals surface area (Å²) in [6, 6.07) is 12.8. The molecule has 1 aliphatic rings. The number of aryl methyl sites for hydroxylation is 1. The molecule has 0 amide bonds. The summed E-state index contributed by atoms with van der Waals surface area (Å²) in [5.74, 6) is 2.24. The van der Waals surface area contributed by atoms with Crippen molar-refractivity contribution in [1.82, 2.24) is 15.6 Å². The summed E-state index contributed by atoms with van der Waals surface area (Å²) in [6.45, 7) is 9.13. The number of anilines is 1. The number of rotatable bonds is 6. The van der Waals surface area contributed by atoms with E-state index < -0.39 is 0 Å². The van der Waals surface area contributed by atoms with Crippen molar-refractivity contribution in [2.45, 2.75) is 26.3 Å². The van der Waals surface area contributed by atoms with Gasteiger partial charge in [0.05, 0.1) is 13.2 Å². The van der Waals surface area contributed by atoms with Gasteiger partial charge in [0, 0.05) is 45.0 Å². The predicted octanol–water partition coefficient (Wildman–Crippen LogP) is 2.70. The Morgan fingerprint density at radius 1 is 1.21 bits per heavy atom. The van der Waals surface area contributed by atoms with Crippen molar-refractivity contribution in [1.29, 1.82) is 0 Å². The number of guanidine groups is 1. The number of morpholine rings is 1.